The van der Waals surface area contributed by atoms with Crippen molar-refractivity contribution in [1.29, 1.82) is 0 Å². The predicted octanol–water partition coefficient (Wildman–Crippen LogP) is 7.71. The van der Waals surface area contributed by atoms with Crippen LogP contribution in [0.5, 0.6) is 5.75 Å². The zero-order valence-electron chi connectivity index (χ0n) is 27.6. The van der Waals surface area contributed by atoms with Crippen LogP contribution in [0.4, 0.5) is 10.5 Å². The number of aromatic hydroxyl groups is 1. The molecule has 4 rings (SSSR count). The molecule has 0 aliphatic rings. The van der Waals surface area contributed by atoms with E-state index in [1.54, 1.807) is 23.5 Å². The smallest absolute Gasteiger partial charge is 0.412 e. The Bertz CT molecular complexity index is 1590. The molecular weight excluding hydrogens is 612 g/mol. The van der Waals surface area contributed by atoms with Crippen LogP contribution in [-0.2, 0) is 4.74 Å². The minimum atomic E-state index is -0.727. The number of fused-ring (bicyclic) bond motifs is 1. The Labute approximate surface area is 281 Å². The van der Waals surface area contributed by atoms with Gasteiger partial charge in [0.15, 0.2) is 0 Å². The molecule has 0 bridgehead atoms. The number of H-pyrrole nitrogens is 1. The lowest BCUT2D eigenvalue weighted by Crippen LogP contribution is -2.34. The van der Waals surface area contributed by atoms with Crippen molar-refractivity contribution in [1.82, 2.24) is 15.6 Å². The number of rotatable bonds is 20. The lowest BCUT2D eigenvalue weighted by molar-refractivity contribution is 0.0427. The first-order valence-electron chi connectivity index (χ1n) is 16.8. The Morgan fingerprint density at radius 2 is 1.60 bits per heavy atom. The minimum Gasteiger partial charge on any atom is -0.506 e. The fraction of sp³-hybridized carbons (Fsp3) is 0.459. The molecule has 0 saturated heterocycles. The van der Waals surface area contributed by atoms with Gasteiger partial charge in [-0.1, -0.05) is 62.8 Å². The van der Waals surface area contributed by atoms with Crippen molar-refractivity contribution in [3.63, 3.8) is 0 Å². The van der Waals surface area contributed by atoms with E-state index in [0.717, 1.165) is 62.1 Å². The minimum absolute atomic E-state index is 0.00377. The number of aromatic amines is 1. The van der Waals surface area contributed by atoms with Gasteiger partial charge in [-0.2, -0.15) is 11.3 Å². The van der Waals surface area contributed by atoms with Crippen LogP contribution < -0.4 is 21.5 Å². The third-order valence-electron chi connectivity index (χ3n) is 8.33. The fourth-order valence-electron chi connectivity index (χ4n) is 5.67. The van der Waals surface area contributed by atoms with E-state index in [4.69, 9.17) is 4.74 Å². The molecule has 0 radical (unpaired) electrons. The first-order valence-corrected chi connectivity index (χ1v) is 17.7. The molecule has 2 aromatic heterocycles. The highest BCUT2D eigenvalue weighted by atomic mass is 32.1. The van der Waals surface area contributed by atoms with Crippen molar-refractivity contribution in [3.8, 4) is 16.9 Å². The van der Waals surface area contributed by atoms with Gasteiger partial charge < -0.3 is 30.6 Å². The summed E-state index contributed by atoms with van der Waals surface area (Å²) in [6, 6.07) is 16.1. The molecule has 2 heterocycles. The molecule has 0 saturated carbocycles. The quantitative estimate of drug-likeness (QED) is 0.0534. The lowest BCUT2D eigenvalue weighted by Gasteiger charge is -2.25. The molecule has 9 nitrogen and oxygen atoms in total. The largest absolute Gasteiger partial charge is 0.506 e. The van der Waals surface area contributed by atoms with E-state index in [0.29, 0.717) is 23.0 Å². The highest BCUT2D eigenvalue weighted by Crippen LogP contribution is 2.30. The molecule has 1 atom stereocenters. The average Bonchev–Trinajstić information content (AvgIpc) is 3.58. The number of phenols is 1. The molecule has 0 spiro atoms. The first kappa shape index (κ1) is 36.1. The van der Waals surface area contributed by atoms with Crippen LogP contribution in [0.15, 0.2) is 70.2 Å². The standard InChI is InChI=1S/C37H50N4O5S/c1-37(2,46-36(45)40-31-14-10-9-13-28(31)27-19-24-47-26-27)20-23-38-21-11-7-5-3-4-6-8-12-22-39-25-33(43)29-15-17-32(42)35-30(29)16-18-34(44)41-35/h9-10,13-19,24,26,33,38-39,42-43H,3-8,11-12,20-23,25H2,1-2H3,(H,40,45)(H,41,44). The van der Waals surface area contributed by atoms with Gasteiger partial charge in [0.05, 0.1) is 17.3 Å². The van der Waals surface area contributed by atoms with Gasteiger partial charge in [-0.25, -0.2) is 4.79 Å². The summed E-state index contributed by atoms with van der Waals surface area (Å²) >= 11 is 1.63. The third kappa shape index (κ3) is 11.8. The number of amides is 1. The number of thiophene rings is 1. The molecule has 10 heteroatoms. The van der Waals surface area contributed by atoms with E-state index in [-0.39, 0.29) is 11.3 Å². The molecule has 1 amide bonds. The van der Waals surface area contributed by atoms with Gasteiger partial charge in [0.25, 0.3) is 0 Å². The molecule has 0 aliphatic heterocycles. The van der Waals surface area contributed by atoms with Crippen LogP contribution in [0.3, 0.4) is 0 Å². The number of para-hydroxylation sites is 1. The predicted molar refractivity (Wildman–Crippen MR) is 192 cm³/mol. The number of aliphatic hydroxyl groups excluding tert-OH is 1. The summed E-state index contributed by atoms with van der Waals surface area (Å²) in [5.74, 6) is -0.00377. The lowest BCUT2D eigenvalue weighted by atomic mass is 10.0. The Morgan fingerprint density at radius 3 is 2.32 bits per heavy atom. The highest BCUT2D eigenvalue weighted by Gasteiger charge is 2.23. The van der Waals surface area contributed by atoms with Crippen molar-refractivity contribution >= 4 is 34.0 Å². The number of pyridine rings is 1. The number of carbonyl (C=O) groups excluding carboxylic acids is 1. The number of ether oxygens (including phenoxy) is 1. The number of hydrogen-bond acceptors (Lipinski definition) is 8. The molecule has 47 heavy (non-hydrogen) atoms. The number of aromatic nitrogens is 1. The third-order valence-corrected chi connectivity index (χ3v) is 9.01. The molecule has 254 valence electrons. The maximum atomic E-state index is 12.6. The van der Waals surface area contributed by atoms with Gasteiger partial charge in [0.1, 0.15) is 11.4 Å². The average molecular weight is 663 g/mol. The molecule has 0 fully saturated rings. The van der Waals surface area contributed by atoms with Gasteiger partial charge >= 0.3 is 6.09 Å². The van der Waals surface area contributed by atoms with E-state index in [2.05, 4.69) is 26.3 Å². The van der Waals surface area contributed by atoms with Crippen LogP contribution in [0, 0.1) is 0 Å². The van der Waals surface area contributed by atoms with E-state index < -0.39 is 17.8 Å². The van der Waals surface area contributed by atoms with Gasteiger partial charge in [-0.3, -0.25) is 10.1 Å². The van der Waals surface area contributed by atoms with Gasteiger partial charge in [-0.05, 0) is 98.9 Å². The number of phenolic OH excluding ortho intramolecular Hbond substituents is 1. The van der Waals surface area contributed by atoms with Crippen LogP contribution in [-0.4, -0.2) is 53.1 Å². The van der Waals surface area contributed by atoms with Crippen LogP contribution in [0.1, 0.15) is 83.3 Å². The number of nitrogens with one attached hydrogen (secondary N) is 4. The molecule has 2 aromatic carbocycles. The fourth-order valence-corrected chi connectivity index (χ4v) is 6.33. The second-order valence-electron chi connectivity index (χ2n) is 12.7. The zero-order chi connectivity index (χ0) is 33.5. The van der Waals surface area contributed by atoms with Crippen LogP contribution in [0.25, 0.3) is 22.0 Å². The molecule has 1 unspecified atom stereocenters. The zero-order valence-corrected chi connectivity index (χ0v) is 28.5. The maximum absolute atomic E-state index is 12.6. The van der Waals surface area contributed by atoms with Crippen molar-refractivity contribution in [2.45, 2.75) is 83.3 Å². The topological polar surface area (TPSA) is 136 Å². The summed E-state index contributed by atoms with van der Waals surface area (Å²) in [5.41, 5.74) is 2.98. The van der Waals surface area contributed by atoms with Crippen molar-refractivity contribution in [3.05, 3.63) is 81.3 Å². The van der Waals surface area contributed by atoms with Crippen molar-refractivity contribution < 1.29 is 19.7 Å². The summed E-state index contributed by atoms with van der Waals surface area (Å²) in [6.45, 7) is 6.91. The molecule has 4 aromatic rings. The first-order chi connectivity index (χ1) is 22.7. The van der Waals surface area contributed by atoms with Crippen LogP contribution in [0.2, 0.25) is 0 Å². The van der Waals surface area contributed by atoms with Crippen LogP contribution >= 0.6 is 11.3 Å². The van der Waals surface area contributed by atoms with E-state index in [1.807, 2.05) is 49.6 Å². The van der Waals surface area contributed by atoms with E-state index in [1.165, 1.54) is 44.2 Å². The summed E-state index contributed by atoms with van der Waals surface area (Å²) in [6.07, 6.45) is 9.05. The van der Waals surface area contributed by atoms with Gasteiger partial charge in [0.2, 0.25) is 5.56 Å². The number of aliphatic hydroxyl groups is 1. The Morgan fingerprint density at radius 1 is 0.894 bits per heavy atom. The summed E-state index contributed by atoms with van der Waals surface area (Å²) in [4.78, 5) is 26.9. The number of hydrogen-bond donors (Lipinski definition) is 6. The normalized spacial score (nSPS) is 12.3. The van der Waals surface area contributed by atoms with Gasteiger partial charge in [0, 0.05) is 23.6 Å². The molecular formula is C37H50N4O5S. The summed E-state index contributed by atoms with van der Waals surface area (Å²) in [5, 5.41) is 35.2. The Kier molecular flexibility index (Phi) is 14.3. The Hall–Kier alpha value is -3.70. The number of anilines is 1. The number of benzene rings is 2. The SMILES string of the molecule is CC(C)(CCNCCCCCCCCCCNCC(O)c1ccc(O)c2[nH]c(=O)ccc12)OC(=O)Nc1ccccc1-c1ccsc1. The van der Waals surface area contributed by atoms with E-state index >= 15 is 0 Å². The summed E-state index contributed by atoms with van der Waals surface area (Å²) in [7, 11) is 0. The monoisotopic (exact) mass is 662 g/mol. The maximum Gasteiger partial charge on any atom is 0.412 e. The van der Waals surface area contributed by atoms with Crippen molar-refractivity contribution in [2.75, 3.05) is 31.5 Å². The number of carbonyl (C=O) groups is 1. The van der Waals surface area contributed by atoms with E-state index in [9.17, 15) is 19.8 Å². The number of unbranched alkanes of at least 4 members (excludes halogenated alkanes) is 7. The Balaban J connectivity index is 0.971. The second kappa shape index (κ2) is 18.6. The second-order valence-corrected chi connectivity index (χ2v) is 13.4. The summed E-state index contributed by atoms with van der Waals surface area (Å²) < 4.78 is 5.76. The van der Waals surface area contributed by atoms with Crippen molar-refractivity contribution in [2.24, 2.45) is 0 Å². The molecule has 6 N–H and O–H groups in total. The highest BCUT2D eigenvalue weighted by molar-refractivity contribution is 7.08. The van der Waals surface area contributed by atoms with Gasteiger partial charge in [-0.15, -0.1) is 0 Å². The molecule has 0 aliphatic carbocycles.